The van der Waals surface area contributed by atoms with Gasteiger partial charge in [0.1, 0.15) is 0 Å². The lowest BCUT2D eigenvalue weighted by Crippen LogP contribution is -2.39. The molecule has 0 fully saturated rings. The first kappa shape index (κ1) is 17.3. The lowest BCUT2D eigenvalue weighted by Gasteiger charge is -2.10. The molecule has 0 spiro atoms. The number of primary amides is 1. The molecule has 0 aromatic carbocycles. The number of imide groups is 1. The zero-order valence-corrected chi connectivity index (χ0v) is 13.0. The number of nitrogens with one attached hydrogen (secondary N) is 1. The third kappa shape index (κ3) is 3.85. The number of hydrogen-bond donors (Lipinski definition) is 2. The highest BCUT2D eigenvalue weighted by atomic mass is 35.5. The Morgan fingerprint density at radius 2 is 2.09 bits per heavy atom. The largest absolute Gasteiger partial charge is 0.417 e. The van der Waals surface area contributed by atoms with Gasteiger partial charge in [-0.15, -0.1) is 10.2 Å². The first-order chi connectivity index (χ1) is 10.6. The second-order valence-electron chi connectivity index (χ2n) is 4.36. The SMILES string of the molecule is C[C@@H](Sc1nnc2c(Cl)cc(C(F)(F)F)cn12)C(=O)NC(N)=O. The third-order valence-corrected chi connectivity index (χ3v) is 3.99. The summed E-state index contributed by atoms with van der Waals surface area (Å²) < 4.78 is 39.5. The zero-order chi connectivity index (χ0) is 17.4. The van der Waals surface area contributed by atoms with E-state index in [1.807, 2.05) is 5.32 Å². The van der Waals surface area contributed by atoms with Crippen molar-refractivity contribution in [3.63, 3.8) is 0 Å². The van der Waals surface area contributed by atoms with E-state index >= 15 is 0 Å². The van der Waals surface area contributed by atoms with Crippen LogP contribution in [0, 0.1) is 0 Å². The molecule has 2 heterocycles. The fourth-order valence-corrected chi connectivity index (χ4v) is 2.67. The van der Waals surface area contributed by atoms with Gasteiger partial charge in [-0.3, -0.25) is 14.5 Å². The summed E-state index contributed by atoms with van der Waals surface area (Å²) in [5, 5.41) is 8.20. The number of nitrogens with zero attached hydrogens (tertiary/aromatic N) is 3. The molecule has 3 N–H and O–H groups in total. The third-order valence-electron chi connectivity index (χ3n) is 2.65. The summed E-state index contributed by atoms with van der Waals surface area (Å²) in [6.07, 6.45) is -3.82. The second-order valence-corrected chi connectivity index (χ2v) is 6.08. The van der Waals surface area contributed by atoms with Crippen molar-refractivity contribution < 1.29 is 22.8 Å². The lowest BCUT2D eigenvalue weighted by atomic mass is 10.3. The smallest absolute Gasteiger partial charge is 0.351 e. The van der Waals surface area contributed by atoms with E-state index in [1.54, 1.807) is 0 Å². The summed E-state index contributed by atoms with van der Waals surface area (Å²) in [4.78, 5) is 22.2. The van der Waals surface area contributed by atoms with Crippen molar-refractivity contribution in [1.29, 1.82) is 0 Å². The Morgan fingerprint density at radius 3 is 2.65 bits per heavy atom. The Balaban J connectivity index is 2.37. The van der Waals surface area contributed by atoms with E-state index in [4.69, 9.17) is 17.3 Å². The second kappa shape index (κ2) is 6.24. The maximum atomic E-state index is 12.8. The fraction of sp³-hybridized carbons (Fsp3) is 0.273. The summed E-state index contributed by atoms with van der Waals surface area (Å²) in [5.74, 6) is -0.711. The number of aromatic nitrogens is 3. The maximum absolute atomic E-state index is 12.8. The molecule has 2 rings (SSSR count). The Hall–Kier alpha value is -2.01. The van der Waals surface area contributed by atoms with Crippen molar-refractivity contribution in [3.05, 3.63) is 22.8 Å². The number of alkyl halides is 3. The van der Waals surface area contributed by atoms with Crippen molar-refractivity contribution >= 4 is 40.9 Å². The minimum Gasteiger partial charge on any atom is -0.351 e. The zero-order valence-electron chi connectivity index (χ0n) is 11.4. The van der Waals surface area contributed by atoms with E-state index in [-0.39, 0.29) is 15.8 Å². The number of urea groups is 1. The van der Waals surface area contributed by atoms with Crippen LogP contribution in [0.2, 0.25) is 5.02 Å². The number of nitrogens with two attached hydrogens (primary N) is 1. The minimum absolute atomic E-state index is 0.0140. The van der Waals surface area contributed by atoms with Gasteiger partial charge in [-0.25, -0.2) is 4.79 Å². The molecular formula is C11H9ClF3N5O2S. The van der Waals surface area contributed by atoms with Gasteiger partial charge in [-0.2, -0.15) is 13.2 Å². The van der Waals surface area contributed by atoms with Gasteiger partial charge in [0.25, 0.3) is 0 Å². The van der Waals surface area contributed by atoms with Crippen LogP contribution in [0.25, 0.3) is 5.65 Å². The Bertz CT molecular complexity index is 779. The van der Waals surface area contributed by atoms with E-state index < -0.39 is 28.9 Å². The highest BCUT2D eigenvalue weighted by molar-refractivity contribution is 8.00. The molecule has 0 unspecified atom stereocenters. The number of pyridine rings is 1. The molecule has 1 atom stereocenters. The highest BCUT2D eigenvalue weighted by Gasteiger charge is 2.32. The van der Waals surface area contributed by atoms with E-state index in [9.17, 15) is 22.8 Å². The molecule has 0 saturated heterocycles. The van der Waals surface area contributed by atoms with E-state index in [0.29, 0.717) is 0 Å². The molecule has 7 nitrogen and oxygen atoms in total. The molecule has 23 heavy (non-hydrogen) atoms. The topological polar surface area (TPSA) is 102 Å². The molecule has 0 aliphatic carbocycles. The van der Waals surface area contributed by atoms with Gasteiger partial charge in [-0.1, -0.05) is 23.4 Å². The summed E-state index contributed by atoms with van der Waals surface area (Å²) in [5.41, 5.74) is 3.86. The van der Waals surface area contributed by atoms with Gasteiger partial charge in [-0.05, 0) is 13.0 Å². The molecule has 0 radical (unpaired) electrons. The van der Waals surface area contributed by atoms with Crippen LogP contribution in [-0.2, 0) is 11.0 Å². The lowest BCUT2D eigenvalue weighted by molar-refractivity contribution is -0.137. The summed E-state index contributed by atoms with van der Waals surface area (Å²) in [6.45, 7) is 1.43. The van der Waals surface area contributed by atoms with Gasteiger partial charge >= 0.3 is 12.2 Å². The van der Waals surface area contributed by atoms with Crippen molar-refractivity contribution in [3.8, 4) is 0 Å². The van der Waals surface area contributed by atoms with Gasteiger partial charge in [0.2, 0.25) is 5.91 Å². The van der Waals surface area contributed by atoms with Crippen LogP contribution in [-0.4, -0.2) is 31.8 Å². The fourth-order valence-electron chi connectivity index (χ4n) is 1.60. The number of rotatable bonds is 3. The van der Waals surface area contributed by atoms with Crippen molar-refractivity contribution in [2.45, 2.75) is 23.5 Å². The number of carbonyl (C=O) groups excluding carboxylic acids is 2. The quantitative estimate of drug-likeness (QED) is 0.808. The normalized spacial score (nSPS) is 13.1. The average Bonchev–Trinajstić information content (AvgIpc) is 2.80. The Kier molecular flexibility index (Phi) is 4.71. The number of fused-ring (bicyclic) bond motifs is 1. The van der Waals surface area contributed by atoms with Crippen molar-refractivity contribution in [2.24, 2.45) is 5.73 Å². The van der Waals surface area contributed by atoms with Gasteiger partial charge < -0.3 is 5.73 Å². The highest BCUT2D eigenvalue weighted by Crippen LogP contribution is 2.33. The number of halogens is 4. The molecule has 0 aliphatic rings. The molecule has 0 bridgehead atoms. The predicted octanol–water partition coefficient (Wildman–Crippen LogP) is 2.08. The molecule has 12 heteroatoms. The molecule has 0 aliphatic heterocycles. The number of thioether (sulfide) groups is 1. The number of hydrogen-bond acceptors (Lipinski definition) is 5. The Labute approximate surface area is 136 Å². The first-order valence-corrected chi connectivity index (χ1v) is 7.23. The van der Waals surface area contributed by atoms with Crippen LogP contribution >= 0.6 is 23.4 Å². The molecule has 0 saturated carbocycles. The van der Waals surface area contributed by atoms with Crippen LogP contribution in [0.15, 0.2) is 17.4 Å². The van der Waals surface area contributed by atoms with Gasteiger partial charge in [0, 0.05) is 6.20 Å². The van der Waals surface area contributed by atoms with Crippen molar-refractivity contribution in [2.75, 3.05) is 0 Å². The molecule has 2 aromatic heterocycles. The van der Waals surface area contributed by atoms with Gasteiger partial charge in [0.15, 0.2) is 10.8 Å². The van der Waals surface area contributed by atoms with E-state index in [2.05, 4.69) is 10.2 Å². The van der Waals surface area contributed by atoms with Crippen molar-refractivity contribution in [1.82, 2.24) is 19.9 Å². The van der Waals surface area contributed by atoms with Gasteiger partial charge in [0.05, 0.1) is 15.8 Å². The van der Waals surface area contributed by atoms with Crippen LogP contribution in [0.3, 0.4) is 0 Å². The first-order valence-electron chi connectivity index (χ1n) is 5.98. The minimum atomic E-state index is -4.60. The molecule has 124 valence electrons. The molecular weight excluding hydrogens is 359 g/mol. The van der Waals surface area contributed by atoms with Crippen LogP contribution in [0.1, 0.15) is 12.5 Å². The van der Waals surface area contributed by atoms with Crippen LogP contribution < -0.4 is 11.1 Å². The van der Waals surface area contributed by atoms with Crippen LogP contribution in [0.5, 0.6) is 0 Å². The maximum Gasteiger partial charge on any atom is 0.417 e. The number of amides is 3. The van der Waals surface area contributed by atoms with Crippen LogP contribution in [0.4, 0.5) is 18.0 Å². The summed E-state index contributed by atoms with van der Waals surface area (Å²) in [6, 6.07) is -0.292. The van der Waals surface area contributed by atoms with E-state index in [1.165, 1.54) is 6.92 Å². The summed E-state index contributed by atoms with van der Waals surface area (Å²) >= 11 is 6.58. The summed E-state index contributed by atoms with van der Waals surface area (Å²) in [7, 11) is 0. The predicted molar refractivity (Wildman–Crippen MR) is 76.0 cm³/mol. The standard InChI is InChI=1S/C11H9ClF3N5O2S/c1-4(8(21)17-9(16)22)23-10-19-18-7-6(12)2-5(3-20(7)10)11(13,14)15/h2-4H,1H3,(H3,16,17,21,22)/t4-/m1/s1. The number of carbonyl (C=O) groups is 2. The molecule has 3 amide bonds. The average molecular weight is 368 g/mol. The Morgan fingerprint density at radius 1 is 1.43 bits per heavy atom. The molecule has 2 aromatic rings. The van der Waals surface area contributed by atoms with E-state index in [0.717, 1.165) is 28.4 Å². The monoisotopic (exact) mass is 367 g/mol.